The molecule has 0 bridgehead atoms. The second-order valence-electron chi connectivity index (χ2n) is 14.5. The quantitative estimate of drug-likeness (QED) is 0.0973. The highest BCUT2D eigenvalue weighted by atomic mass is 32.2. The molecule has 3 N–H and O–H groups in total. The summed E-state index contributed by atoms with van der Waals surface area (Å²) in [6, 6.07) is 11.9. The number of alkyl halides is 1. The van der Waals surface area contributed by atoms with E-state index in [1.54, 1.807) is 11.1 Å². The summed E-state index contributed by atoms with van der Waals surface area (Å²) in [5.74, 6) is -4.10. The predicted molar refractivity (Wildman–Crippen MR) is 209 cm³/mol. The molecule has 58 heavy (non-hydrogen) atoms. The van der Waals surface area contributed by atoms with Crippen molar-refractivity contribution in [3.8, 4) is 11.3 Å². The zero-order valence-corrected chi connectivity index (χ0v) is 33.1. The fourth-order valence-corrected chi connectivity index (χ4v) is 8.83. The highest BCUT2D eigenvalue weighted by Gasteiger charge is 2.40. The van der Waals surface area contributed by atoms with Crippen molar-refractivity contribution >= 4 is 45.5 Å². The van der Waals surface area contributed by atoms with Gasteiger partial charge in [0.15, 0.2) is 0 Å². The van der Waals surface area contributed by atoms with Crippen LogP contribution in [0.1, 0.15) is 36.7 Å². The summed E-state index contributed by atoms with van der Waals surface area (Å²) in [5.41, 5.74) is 1.03. The van der Waals surface area contributed by atoms with Gasteiger partial charge in [-0.05, 0) is 42.5 Å². The number of thioether (sulfide) groups is 1. The molecule has 3 aliphatic rings. The maximum atomic E-state index is 15.3. The van der Waals surface area contributed by atoms with Crippen LogP contribution in [0, 0.1) is 23.5 Å². The molecule has 4 heterocycles. The molecule has 3 aliphatic heterocycles. The van der Waals surface area contributed by atoms with Crippen molar-refractivity contribution in [3.63, 3.8) is 0 Å². The molecule has 1 aromatic heterocycles. The number of carbonyl (C=O) groups excluding carboxylic acids is 4. The van der Waals surface area contributed by atoms with Gasteiger partial charge in [0, 0.05) is 94.5 Å². The third-order valence-corrected chi connectivity index (χ3v) is 12.5. The smallest absolute Gasteiger partial charge is 0.270 e. The Morgan fingerprint density at radius 1 is 1.07 bits per heavy atom. The summed E-state index contributed by atoms with van der Waals surface area (Å²) in [6.45, 7) is 0.945. The minimum absolute atomic E-state index is 0.00460. The van der Waals surface area contributed by atoms with Crippen LogP contribution in [0.4, 0.5) is 13.2 Å². The summed E-state index contributed by atoms with van der Waals surface area (Å²) in [4.78, 5) is 58.2. The Balaban J connectivity index is 1.22. The molecule has 2 saturated heterocycles. The van der Waals surface area contributed by atoms with Gasteiger partial charge in [0.25, 0.3) is 21.9 Å². The summed E-state index contributed by atoms with van der Waals surface area (Å²) in [7, 11) is -4.82. The Hall–Kier alpha value is -4.56. The van der Waals surface area contributed by atoms with Gasteiger partial charge in [-0.15, -0.1) is 0 Å². The van der Waals surface area contributed by atoms with E-state index in [9.17, 15) is 36.5 Å². The second-order valence-corrected chi connectivity index (χ2v) is 17.3. The normalized spacial score (nSPS) is 19.8. The average molecular weight is 847 g/mol. The van der Waals surface area contributed by atoms with Crippen LogP contribution in [0.5, 0.6) is 0 Å². The lowest BCUT2D eigenvalue weighted by Crippen LogP contribution is -2.46. The molecule has 19 heteroatoms. The highest BCUT2D eigenvalue weighted by Crippen LogP contribution is 2.38. The van der Waals surface area contributed by atoms with E-state index in [4.69, 9.17) is 9.72 Å². The van der Waals surface area contributed by atoms with E-state index < -0.39 is 75.8 Å². The molecule has 0 saturated carbocycles. The molecule has 0 spiro atoms. The second kappa shape index (κ2) is 19.5. The molecule has 2 aromatic carbocycles. The number of rotatable bonds is 18. The maximum absolute atomic E-state index is 15.3. The van der Waals surface area contributed by atoms with Gasteiger partial charge in [0.05, 0.1) is 17.5 Å². The van der Waals surface area contributed by atoms with E-state index in [0.717, 1.165) is 35.9 Å². The zero-order chi connectivity index (χ0) is 41.4. The van der Waals surface area contributed by atoms with Crippen molar-refractivity contribution in [2.75, 3.05) is 57.4 Å². The van der Waals surface area contributed by atoms with Crippen LogP contribution < -0.4 is 10.6 Å². The van der Waals surface area contributed by atoms with E-state index >= 15 is 8.78 Å². The fourth-order valence-electron chi connectivity index (χ4n) is 7.40. The minimum atomic E-state index is -4.82. The Kier molecular flexibility index (Phi) is 14.4. The number of benzene rings is 2. The number of hydrogen-bond acceptors (Lipinski definition) is 10. The van der Waals surface area contributed by atoms with Gasteiger partial charge in [-0.1, -0.05) is 30.3 Å². The van der Waals surface area contributed by atoms with Crippen molar-refractivity contribution in [2.45, 2.75) is 43.3 Å². The van der Waals surface area contributed by atoms with Crippen molar-refractivity contribution in [1.29, 1.82) is 0 Å². The first-order chi connectivity index (χ1) is 27.8. The molecule has 14 nitrogen and oxygen atoms in total. The Morgan fingerprint density at radius 2 is 1.79 bits per heavy atom. The molecule has 2 fully saturated rings. The van der Waals surface area contributed by atoms with E-state index in [1.165, 1.54) is 11.8 Å². The molecule has 4 amide bonds. The van der Waals surface area contributed by atoms with Crippen molar-refractivity contribution in [2.24, 2.45) is 11.8 Å². The van der Waals surface area contributed by atoms with E-state index in [-0.39, 0.29) is 54.2 Å². The fraction of sp³-hybridized carbons (Fsp3) is 0.462. The lowest BCUT2D eigenvalue weighted by Gasteiger charge is -2.40. The predicted octanol–water partition coefficient (Wildman–Crippen LogP) is 3.15. The third-order valence-electron chi connectivity index (χ3n) is 10.4. The van der Waals surface area contributed by atoms with Crippen LogP contribution >= 0.6 is 11.8 Å². The van der Waals surface area contributed by atoms with E-state index in [2.05, 4.69) is 10.6 Å². The number of hydrogen-bond donors (Lipinski definition) is 3. The molecule has 1 unspecified atom stereocenters. The number of imide groups is 1. The number of nitrogens with zero attached hydrogens (tertiary/aromatic N) is 4. The van der Waals surface area contributed by atoms with Gasteiger partial charge in [-0.25, -0.2) is 18.2 Å². The Labute approximate surface area is 338 Å². The minimum Gasteiger partial charge on any atom is -0.381 e. The molecule has 0 radical (unpaired) electrons. The third kappa shape index (κ3) is 10.9. The number of imidazole rings is 1. The standard InChI is InChI=1S/C39H45F3N6O8S2/c40-28-6-7-31(41)30(16-28)33-23-46(20-25-4-2-1-3-5-25)39(45-33)38(26-10-13-56-14-11-26)48(21-27-18-43-19-32(27)42)37(52)24-57-15-12-44-34(49)17-29(58(53,54)55)22-47-35(50)8-9-36(47)51/h1-9,16,23,26-27,29,32,38,43H,10-15,17-22,24H2,(H,44,49)(H,53,54,55)/t27-,29?,32-,38+/m0/s1. The van der Waals surface area contributed by atoms with Crippen LogP contribution in [-0.4, -0.2) is 125 Å². The number of amides is 4. The number of carbonyl (C=O) groups is 4. The summed E-state index contributed by atoms with van der Waals surface area (Å²) in [6.07, 6.45) is 2.72. The van der Waals surface area contributed by atoms with E-state index in [1.807, 2.05) is 34.9 Å². The monoisotopic (exact) mass is 846 g/mol. The van der Waals surface area contributed by atoms with Gasteiger partial charge in [-0.2, -0.15) is 20.2 Å². The topological polar surface area (TPSA) is 180 Å². The van der Waals surface area contributed by atoms with Crippen LogP contribution in [0.15, 0.2) is 66.9 Å². The zero-order valence-electron chi connectivity index (χ0n) is 31.5. The molecule has 3 aromatic rings. The van der Waals surface area contributed by atoms with Gasteiger partial charge in [0.2, 0.25) is 11.8 Å². The van der Waals surface area contributed by atoms with Crippen LogP contribution in [-0.2, 0) is 40.6 Å². The maximum Gasteiger partial charge on any atom is 0.270 e. The molecular weight excluding hydrogens is 802 g/mol. The molecular formula is C39H45F3N6O8S2. The molecule has 312 valence electrons. The van der Waals surface area contributed by atoms with Gasteiger partial charge in [-0.3, -0.25) is 28.6 Å². The SMILES string of the molecule is O=C(CC(CN1C(=O)C=CC1=O)S(=O)(=O)O)NCCSCC(=O)N(C[C@@H]1CNC[C@@H]1F)[C@@H](c1nc(-c2cc(F)ccc2F)cn1Cc1ccccc1)C1CCOCC1. The largest absolute Gasteiger partial charge is 0.381 e. The Bertz CT molecular complexity index is 2080. The van der Waals surface area contributed by atoms with Gasteiger partial charge in [0.1, 0.15) is 28.9 Å². The average Bonchev–Trinajstić information content (AvgIpc) is 3.89. The Morgan fingerprint density at radius 3 is 2.47 bits per heavy atom. The first-order valence-corrected chi connectivity index (χ1v) is 21.6. The summed E-state index contributed by atoms with van der Waals surface area (Å²) >= 11 is 1.18. The van der Waals surface area contributed by atoms with Crippen molar-refractivity contribution in [3.05, 3.63) is 89.9 Å². The molecule has 0 aliphatic carbocycles. The van der Waals surface area contributed by atoms with Crippen molar-refractivity contribution < 1.29 is 50.1 Å². The van der Waals surface area contributed by atoms with Crippen LogP contribution in [0.2, 0.25) is 0 Å². The number of ether oxygens (including phenoxy) is 1. The lowest BCUT2D eigenvalue weighted by molar-refractivity contribution is -0.137. The lowest BCUT2D eigenvalue weighted by atomic mass is 9.88. The highest BCUT2D eigenvalue weighted by molar-refractivity contribution is 7.99. The number of aromatic nitrogens is 2. The number of nitrogens with one attached hydrogen (secondary N) is 2. The van der Waals surface area contributed by atoms with Gasteiger partial charge >= 0.3 is 0 Å². The summed E-state index contributed by atoms with van der Waals surface area (Å²) < 4.78 is 86.2. The van der Waals surface area contributed by atoms with Crippen LogP contribution in [0.3, 0.4) is 0 Å². The van der Waals surface area contributed by atoms with Gasteiger partial charge < -0.3 is 24.8 Å². The molecule has 6 rings (SSSR count). The first kappa shape index (κ1) is 43.0. The summed E-state index contributed by atoms with van der Waals surface area (Å²) in [5, 5.41) is 3.86. The van der Waals surface area contributed by atoms with E-state index in [0.29, 0.717) is 49.9 Å². The molecule has 4 atom stereocenters. The first-order valence-electron chi connectivity index (χ1n) is 18.9. The van der Waals surface area contributed by atoms with Crippen LogP contribution in [0.25, 0.3) is 11.3 Å². The number of halogens is 3. The van der Waals surface area contributed by atoms with Crippen molar-refractivity contribution in [1.82, 2.24) is 30.0 Å².